The second-order valence-electron chi connectivity index (χ2n) is 5.75. The predicted molar refractivity (Wildman–Crippen MR) is 82.0 cm³/mol. The van der Waals surface area contributed by atoms with Crippen LogP contribution in [0, 0.1) is 0 Å². The van der Waals surface area contributed by atoms with E-state index in [0.717, 1.165) is 0 Å². The summed E-state index contributed by atoms with van der Waals surface area (Å²) in [5.74, 6) is 0. The minimum absolute atomic E-state index is 0.0841. The van der Waals surface area contributed by atoms with Crippen molar-refractivity contribution in [3.8, 4) is 0 Å². The molecule has 0 spiro atoms. The highest BCUT2D eigenvalue weighted by Gasteiger charge is 2.19. The number of anilines is 2. The largest absolute Gasteiger partial charge is 0.444 e. The van der Waals surface area contributed by atoms with Crippen LogP contribution in [0.4, 0.5) is 16.2 Å². The van der Waals surface area contributed by atoms with Crippen molar-refractivity contribution in [2.75, 3.05) is 24.3 Å². The Labute approximate surface area is 125 Å². The number of carbonyl (C=O) groups excluding carboxylic acids is 1. The molecule has 1 aromatic carbocycles. The van der Waals surface area contributed by atoms with E-state index >= 15 is 0 Å². The predicted octanol–water partition coefficient (Wildman–Crippen LogP) is 1.75. The van der Waals surface area contributed by atoms with E-state index in [4.69, 9.17) is 9.88 Å². The summed E-state index contributed by atoms with van der Waals surface area (Å²) in [7, 11) is -0.309. The molecular formula is C13H21N3O4S. The fourth-order valence-corrected chi connectivity index (χ4v) is 2.14. The fraction of sp³-hybridized carbons (Fsp3) is 0.462. The third-order valence-electron chi connectivity index (χ3n) is 2.41. The first-order valence-electron chi connectivity index (χ1n) is 6.24. The average molecular weight is 315 g/mol. The van der Waals surface area contributed by atoms with E-state index in [-0.39, 0.29) is 4.90 Å². The van der Waals surface area contributed by atoms with Gasteiger partial charge in [-0.3, -0.25) is 5.32 Å². The van der Waals surface area contributed by atoms with Crippen molar-refractivity contribution in [3.05, 3.63) is 18.2 Å². The lowest BCUT2D eigenvalue weighted by molar-refractivity contribution is 0.0636. The van der Waals surface area contributed by atoms with Gasteiger partial charge in [-0.05, 0) is 39.0 Å². The number of nitrogens with two attached hydrogens (primary N) is 1. The third kappa shape index (κ3) is 5.24. The Balaban J connectivity index is 3.16. The van der Waals surface area contributed by atoms with Crippen molar-refractivity contribution in [3.63, 3.8) is 0 Å². The van der Waals surface area contributed by atoms with Crippen molar-refractivity contribution >= 4 is 27.5 Å². The number of hydrogen-bond acceptors (Lipinski definition) is 5. The molecule has 0 saturated heterocycles. The third-order valence-corrected chi connectivity index (χ3v) is 3.32. The summed E-state index contributed by atoms with van der Waals surface area (Å²) in [5, 5.41) is 7.64. The zero-order valence-corrected chi connectivity index (χ0v) is 13.6. The summed E-state index contributed by atoms with van der Waals surface area (Å²) in [6.07, 6.45) is -0.669. The van der Waals surface area contributed by atoms with E-state index in [2.05, 4.69) is 5.32 Å². The van der Waals surface area contributed by atoms with Crippen LogP contribution in [0.3, 0.4) is 0 Å². The Hall–Kier alpha value is -1.80. The van der Waals surface area contributed by atoms with Gasteiger partial charge in [-0.15, -0.1) is 0 Å². The topological polar surface area (TPSA) is 102 Å². The molecule has 8 heteroatoms. The number of hydrogen-bond donors (Lipinski definition) is 2. The molecule has 0 aliphatic carbocycles. The molecule has 3 N–H and O–H groups in total. The van der Waals surface area contributed by atoms with Crippen LogP contribution in [0.1, 0.15) is 20.8 Å². The standard InChI is InChI=1S/C13H21N3O4S/c1-13(2,3)20-12(17)15-10-8-9(21(14,18)19)6-7-11(10)16(4)5/h6-8H,1-5H3,(H,15,17)(H2,14,18,19). The molecule has 0 saturated carbocycles. The van der Waals surface area contributed by atoms with Gasteiger partial charge in [0.1, 0.15) is 5.60 Å². The molecule has 0 radical (unpaired) electrons. The van der Waals surface area contributed by atoms with E-state index in [9.17, 15) is 13.2 Å². The first-order chi connectivity index (χ1) is 9.40. The van der Waals surface area contributed by atoms with E-state index in [1.165, 1.54) is 12.1 Å². The SMILES string of the molecule is CN(C)c1ccc(S(N)(=O)=O)cc1NC(=O)OC(C)(C)C. The molecule has 21 heavy (non-hydrogen) atoms. The van der Waals surface area contributed by atoms with Gasteiger partial charge in [0.15, 0.2) is 0 Å². The lowest BCUT2D eigenvalue weighted by atomic mass is 10.2. The van der Waals surface area contributed by atoms with E-state index < -0.39 is 21.7 Å². The first kappa shape index (κ1) is 17.3. The number of ether oxygens (including phenoxy) is 1. The van der Waals surface area contributed by atoms with Crippen molar-refractivity contribution < 1.29 is 17.9 Å². The molecule has 0 fully saturated rings. The van der Waals surface area contributed by atoms with E-state index in [1.54, 1.807) is 45.8 Å². The summed E-state index contributed by atoms with van der Waals surface area (Å²) in [6.45, 7) is 5.21. The molecule has 0 aromatic heterocycles. The van der Waals surface area contributed by atoms with Crippen LogP contribution >= 0.6 is 0 Å². The molecule has 0 unspecified atom stereocenters. The Morgan fingerprint density at radius 1 is 1.29 bits per heavy atom. The molecule has 1 aromatic rings. The van der Waals surface area contributed by atoms with E-state index in [1.807, 2.05) is 0 Å². The van der Waals surface area contributed by atoms with Gasteiger partial charge in [-0.1, -0.05) is 0 Å². The van der Waals surface area contributed by atoms with Gasteiger partial charge in [0.2, 0.25) is 10.0 Å². The molecular weight excluding hydrogens is 294 g/mol. The Morgan fingerprint density at radius 2 is 1.86 bits per heavy atom. The van der Waals surface area contributed by atoms with Crippen molar-refractivity contribution in [1.82, 2.24) is 0 Å². The van der Waals surface area contributed by atoms with Crippen LogP contribution in [-0.4, -0.2) is 34.2 Å². The average Bonchev–Trinajstić information content (AvgIpc) is 2.24. The summed E-state index contributed by atoms with van der Waals surface area (Å²) >= 11 is 0. The quantitative estimate of drug-likeness (QED) is 0.884. The highest BCUT2D eigenvalue weighted by molar-refractivity contribution is 7.89. The summed E-state index contributed by atoms with van der Waals surface area (Å²) in [5.41, 5.74) is 0.286. The molecule has 0 atom stereocenters. The van der Waals surface area contributed by atoms with Gasteiger partial charge >= 0.3 is 6.09 Å². The lowest BCUT2D eigenvalue weighted by Crippen LogP contribution is -2.28. The molecule has 7 nitrogen and oxygen atoms in total. The molecule has 118 valence electrons. The second kappa shape index (κ2) is 5.90. The summed E-state index contributed by atoms with van der Waals surface area (Å²) < 4.78 is 28.0. The number of rotatable bonds is 3. The van der Waals surface area contributed by atoms with Crippen LogP contribution < -0.4 is 15.4 Å². The number of carbonyl (C=O) groups is 1. The van der Waals surface area contributed by atoms with Gasteiger partial charge in [0.25, 0.3) is 0 Å². The van der Waals surface area contributed by atoms with Crippen molar-refractivity contribution in [2.24, 2.45) is 5.14 Å². The Morgan fingerprint density at radius 3 is 2.29 bits per heavy atom. The summed E-state index contributed by atoms with van der Waals surface area (Å²) in [4.78, 5) is 13.5. The van der Waals surface area contributed by atoms with Gasteiger partial charge < -0.3 is 9.64 Å². The van der Waals surface area contributed by atoms with Gasteiger partial charge in [0, 0.05) is 14.1 Å². The number of nitrogens with zero attached hydrogens (tertiary/aromatic N) is 1. The molecule has 1 amide bonds. The normalized spacial score (nSPS) is 11.9. The Kier molecular flexibility index (Phi) is 4.85. The number of primary sulfonamides is 1. The van der Waals surface area contributed by atoms with Crippen molar-refractivity contribution in [2.45, 2.75) is 31.3 Å². The smallest absolute Gasteiger partial charge is 0.412 e. The van der Waals surface area contributed by atoms with Crippen LogP contribution in [0.2, 0.25) is 0 Å². The highest BCUT2D eigenvalue weighted by Crippen LogP contribution is 2.27. The zero-order valence-electron chi connectivity index (χ0n) is 12.8. The van der Waals surface area contributed by atoms with Gasteiger partial charge in [-0.2, -0.15) is 0 Å². The Bertz CT molecular complexity index is 633. The monoisotopic (exact) mass is 315 g/mol. The number of nitrogens with one attached hydrogen (secondary N) is 1. The molecule has 0 bridgehead atoms. The number of sulfonamides is 1. The minimum atomic E-state index is -3.85. The first-order valence-corrected chi connectivity index (χ1v) is 7.79. The molecule has 0 heterocycles. The van der Waals surface area contributed by atoms with Crippen LogP contribution in [0.15, 0.2) is 23.1 Å². The van der Waals surface area contributed by atoms with Gasteiger partial charge in [0.05, 0.1) is 16.3 Å². The maximum atomic E-state index is 11.8. The van der Waals surface area contributed by atoms with Crippen molar-refractivity contribution in [1.29, 1.82) is 0 Å². The summed E-state index contributed by atoms with van der Waals surface area (Å²) in [6, 6.07) is 4.24. The maximum Gasteiger partial charge on any atom is 0.412 e. The van der Waals surface area contributed by atoms with Crippen LogP contribution in [0.25, 0.3) is 0 Å². The minimum Gasteiger partial charge on any atom is -0.444 e. The number of benzene rings is 1. The lowest BCUT2D eigenvalue weighted by Gasteiger charge is -2.22. The maximum absolute atomic E-state index is 11.8. The van der Waals surface area contributed by atoms with Crippen LogP contribution in [0.5, 0.6) is 0 Å². The molecule has 0 aliphatic heterocycles. The van der Waals surface area contributed by atoms with Crippen LogP contribution in [-0.2, 0) is 14.8 Å². The van der Waals surface area contributed by atoms with E-state index in [0.29, 0.717) is 11.4 Å². The van der Waals surface area contributed by atoms with Gasteiger partial charge in [-0.25, -0.2) is 18.4 Å². The number of amides is 1. The fourth-order valence-electron chi connectivity index (χ4n) is 1.60. The molecule has 1 rings (SSSR count). The highest BCUT2D eigenvalue weighted by atomic mass is 32.2. The second-order valence-corrected chi connectivity index (χ2v) is 7.31. The molecule has 0 aliphatic rings. The zero-order chi connectivity index (χ0) is 16.4.